The van der Waals surface area contributed by atoms with Crippen LogP contribution in [0.2, 0.25) is 18.1 Å². The molecule has 2 aromatic rings. The fraction of sp³-hybridized carbons (Fsp3) is 0.730. The quantitative estimate of drug-likeness (QED) is 0.0299. The molecule has 11 nitrogen and oxygen atoms in total. The highest BCUT2D eigenvalue weighted by molar-refractivity contribution is 6.74. The Morgan fingerprint density at radius 3 is 1.63 bits per heavy atom. The second kappa shape index (κ2) is 35.2. The third kappa shape index (κ3) is 24.4. The molecule has 75 heavy (non-hydrogen) atoms. The Morgan fingerprint density at radius 2 is 1.12 bits per heavy atom. The van der Waals surface area contributed by atoms with Crippen LogP contribution in [0.5, 0.6) is 0 Å². The molecule has 2 heterocycles. The fourth-order valence-electron chi connectivity index (χ4n) is 9.68. The zero-order valence-electron chi connectivity index (χ0n) is 48.4. The minimum atomic E-state index is -2.26. The molecule has 0 saturated carbocycles. The van der Waals surface area contributed by atoms with Crippen LogP contribution in [-0.4, -0.2) is 88.0 Å². The van der Waals surface area contributed by atoms with Gasteiger partial charge in [0.1, 0.15) is 24.4 Å². The molecule has 4 rings (SSSR count). The summed E-state index contributed by atoms with van der Waals surface area (Å²) >= 11 is 0. The van der Waals surface area contributed by atoms with Crippen molar-refractivity contribution >= 4 is 26.2 Å². The van der Waals surface area contributed by atoms with Crippen LogP contribution in [0.15, 0.2) is 72.8 Å². The van der Waals surface area contributed by atoms with Gasteiger partial charge in [-0.1, -0.05) is 218 Å². The summed E-state index contributed by atoms with van der Waals surface area (Å²) in [5, 5.41) is 3.17. The van der Waals surface area contributed by atoms with Gasteiger partial charge in [0.15, 0.2) is 26.5 Å². The first-order chi connectivity index (χ1) is 36.0. The largest absolute Gasteiger partial charge is 0.452 e. The lowest BCUT2D eigenvalue weighted by Crippen LogP contribution is -2.61. The molecule has 0 radical (unpaired) electrons. The Bertz CT molecular complexity index is 1890. The molecule has 12 heteroatoms. The van der Waals surface area contributed by atoms with Crippen molar-refractivity contribution in [2.45, 2.75) is 282 Å². The van der Waals surface area contributed by atoms with Crippen LogP contribution in [0.1, 0.15) is 236 Å². The fourth-order valence-corrected chi connectivity index (χ4v) is 10.7. The molecule has 2 fully saturated rings. The van der Waals surface area contributed by atoms with Crippen LogP contribution in [0.3, 0.4) is 0 Å². The van der Waals surface area contributed by atoms with Gasteiger partial charge in [-0.25, -0.2) is 9.59 Å². The summed E-state index contributed by atoms with van der Waals surface area (Å²) in [6.45, 7) is 19.2. The van der Waals surface area contributed by atoms with Crippen LogP contribution in [0, 0.1) is 0 Å². The van der Waals surface area contributed by atoms with E-state index in [1.807, 2.05) is 32.1 Å². The number of hydrogen-bond acceptors (Lipinski definition) is 10. The van der Waals surface area contributed by atoms with Crippen molar-refractivity contribution in [2.24, 2.45) is 0 Å². The summed E-state index contributed by atoms with van der Waals surface area (Å²) in [7, 11) is -2.26. The molecular formula is C63H103NO10Si. The van der Waals surface area contributed by atoms with Gasteiger partial charge >= 0.3 is 11.9 Å². The topological polar surface area (TPSA) is 128 Å². The third-order valence-corrected chi connectivity index (χ3v) is 19.8. The predicted molar refractivity (Wildman–Crippen MR) is 305 cm³/mol. The molecule has 2 aliphatic heterocycles. The Balaban J connectivity index is 1.55. The van der Waals surface area contributed by atoms with Gasteiger partial charge in [0, 0.05) is 6.42 Å². The van der Waals surface area contributed by atoms with Gasteiger partial charge in [0.05, 0.1) is 30.4 Å². The first kappa shape index (κ1) is 64.1. The zero-order chi connectivity index (χ0) is 54.4. The molecule has 7 atom stereocenters. The van der Waals surface area contributed by atoms with E-state index >= 15 is 0 Å². The van der Waals surface area contributed by atoms with Gasteiger partial charge in [-0.3, -0.25) is 4.79 Å². The Morgan fingerprint density at radius 1 is 0.653 bits per heavy atom. The molecule has 1 amide bonds. The summed E-state index contributed by atoms with van der Waals surface area (Å²) in [6, 6.07) is 16.9. The first-order valence-corrected chi connectivity index (χ1v) is 32.7. The van der Waals surface area contributed by atoms with Crippen molar-refractivity contribution in [3.05, 3.63) is 83.9 Å². The maximum atomic E-state index is 14.1. The van der Waals surface area contributed by atoms with Crippen molar-refractivity contribution in [1.82, 2.24) is 5.32 Å². The number of hydrogen-bond donors (Lipinski definition) is 1. The smallest absolute Gasteiger partial charge is 0.338 e. The molecule has 2 unspecified atom stereocenters. The average Bonchev–Trinajstić information content (AvgIpc) is 3.72. The maximum Gasteiger partial charge on any atom is 0.338 e. The molecule has 2 saturated heterocycles. The number of carbonyl (C=O) groups is 3. The highest BCUT2D eigenvalue weighted by atomic mass is 28.4. The SMILES string of the molecule is CCCCCCCCCCCCCC=CC(OC(=O)c1ccccc1)C(CO[C@H]1O[C@H](CO[Si](C)(C)C(C)(C)C)[C@@H]2OC(C)(C)O[C@@H]2[C@H]1OC(=O)c1ccccc1)NC(=O)CCCCCCCCCCCCCCC. The van der Waals surface area contributed by atoms with Crippen LogP contribution in [-0.2, 0) is 37.6 Å². The van der Waals surface area contributed by atoms with Crippen molar-refractivity contribution in [1.29, 1.82) is 0 Å². The van der Waals surface area contributed by atoms with E-state index in [-0.39, 0.29) is 24.2 Å². The number of ether oxygens (including phenoxy) is 6. The van der Waals surface area contributed by atoms with Crippen molar-refractivity contribution < 1.29 is 47.2 Å². The standard InChI is InChI=1S/C63H103NO10Si/c1-10-12-14-16-18-20-22-24-26-28-30-32-40-46-53(70-59(66)50-42-36-34-37-43-50)52(64-55(65)47-41-33-31-29-27-25-23-21-19-17-15-13-11-2)48-68-61-58(72-60(67)51-44-38-35-39-45-51)57-56(73-63(6,7)74-57)54(71-61)49-69-75(8,9)62(3,4)5/h34-40,42-46,52-54,56-58,61H,10-33,41,47-49H2,1-9H3,(H,64,65)/t52?,53?,54-,56+,57+,58-,61+/m1/s1. The molecule has 0 bridgehead atoms. The molecule has 2 aromatic carbocycles. The van der Waals surface area contributed by atoms with E-state index in [0.29, 0.717) is 17.5 Å². The number of fused-ring (bicyclic) bond motifs is 1. The molecule has 0 spiro atoms. The maximum absolute atomic E-state index is 14.1. The lowest BCUT2D eigenvalue weighted by molar-refractivity contribution is -0.282. The van der Waals surface area contributed by atoms with Gasteiger partial charge in [-0.15, -0.1) is 0 Å². The van der Waals surface area contributed by atoms with Crippen molar-refractivity contribution in [2.75, 3.05) is 13.2 Å². The summed E-state index contributed by atoms with van der Waals surface area (Å²) in [4.78, 5) is 41.9. The second-order valence-corrected chi connectivity index (χ2v) is 28.2. The van der Waals surface area contributed by atoms with Crippen LogP contribution in [0.4, 0.5) is 0 Å². The minimum absolute atomic E-state index is 0.0671. The zero-order valence-corrected chi connectivity index (χ0v) is 49.4. The van der Waals surface area contributed by atoms with E-state index < -0.39 is 68.9 Å². The molecule has 424 valence electrons. The number of allylic oxidation sites excluding steroid dienone is 1. The lowest BCUT2D eigenvalue weighted by Gasteiger charge is -2.43. The number of carbonyl (C=O) groups excluding carboxylic acids is 3. The second-order valence-electron chi connectivity index (χ2n) is 23.4. The highest BCUT2D eigenvalue weighted by Crippen LogP contribution is 2.42. The molecule has 0 aliphatic carbocycles. The number of esters is 2. The number of amides is 1. The van der Waals surface area contributed by atoms with Gasteiger partial charge < -0.3 is 38.2 Å². The summed E-state index contributed by atoms with van der Waals surface area (Å²) in [5.74, 6) is -2.26. The van der Waals surface area contributed by atoms with Crippen LogP contribution < -0.4 is 5.32 Å². The van der Waals surface area contributed by atoms with Gasteiger partial charge in [0.2, 0.25) is 5.91 Å². The van der Waals surface area contributed by atoms with E-state index in [4.69, 9.17) is 32.8 Å². The monoisotopic (exact) mass is 1060 g/mol. The number of benzene rings is 2. The molecule has 0 aromatic heterocycles. The third-order valence-electron chi connectivity index (χ3n) is 15.3. The minimum Gasteiger partial charge on any atom is -0.452 e. The van der Waals surface area contributed by atoms with Gasteiger partial charge in [-0.05, 0) is 81.6 Å². The van der Waals surface area contributed by atoms with Crippen molar-refractivity contribution in [3.8, 4) is 0 Å². The number of unbranched alkanes of at least 4 members (excludes halogenated alkanes) is 23. The lowest BCUT2D eigenvalue weighted by atomic mass is 9.99. The molecule has 2 aliphatic rings. The number of rotatable bonds is 39. The Kier molecular flexibility index (Phi) is 30.1. The molecular weight excluding hydrogens is 959 g/mol. The summed E-state index contributed by atoms with van der Waals surface area (Å²) < 4.78 is 46.1. The Labute approximate surface area is 456 Å². The normalized spacial score (nSPS) is 20.4. The summed E-state index contributed by atoms with van der Waals surface area (Å²) in [5.41, 5.74) is 0.767. The average molecular weight is 1060 g/mol. The van der Waals surface area contributed by atoms with E-state index in [2.05, 4.69) is 59.1 Å². The van der Waals surface area contributed by atoms with Gasteiger partial charge in [-0.2, -0.15) is 0 Å². The predicted octanol–water partition coefficient (Wildman–Crippen LogP) is 15.9. The number of nitrogens with one attached hydrogen (secondary N) is 1. The van der Waals surface area contributed by atoms with Crippen molar-refractivity contribution in [3.63, 3.8) is 0 Å². The molecule has 1 N–H and O–H groups in total. The summed E-state index contributed by atoms with van der Waals surface area (Å²) in [6.07, 6.45) is 29.4. The van der Waals surface area contributed by atoms with E-state index in [9.17, 15) is 14.4 Å². The van der Waals surface area contributed by atoms with E-state index in [0.717, 1.165) is 38.5 Å². The van der Waals surface area contributed by atoms with Gasteiger partial charge in [0.25, 0.3) is 0 Å². The van der Waals surface area contributed by atoms with E-state index in [1.165, 1.54) is 122 Å². The Hall–Kier alpha value is -3.39. The first-order valence-electron chi connectivity index (χ1n) is 29.8. The van der Waals surface area contributed by atoms with Crippen LogP contribution >= 0.6 is 0 Å². The van der Waals surface area contributed by atoms with E-state index in [1.54, 1.807) is 48.5 Å². The van der Waals surface area contributed by atoms with Crippen LogP contribution in [0.25, 0.3) is 0 Å². The highest BCUT2D eigenvalue weighted by Gasteiger charge is 2.58.